The van der Waals surface area contributed by atoms with E-state index in [9.17, 15) is 4.79 Å². The third kappa shape index (κ3) is 42.1. The first-order chi connectivity index (χ1) is 17.4. The zero-order valence-electron chi connectivity index (χ0n) is 24.9. The van der Waals surface area contributed by atoms with Crippen molar-refractivity contribution >= 4 is 20.2 Å². The van der Waals surface area contributed by atoms with Crippen molar-refractivity contribution in [1.29, 1.82) is 0 Å². The number of aliphatic hydroxyl groups excluding tert-OH is 1. The van der Waals surface area contributed by atoms with Gasteiger partial charge in [-0.3, -0.25) is 9.97 Å². The van der Waals surface area contributed by atoms with E-state index in [0.29, 0.717) is 26.4 Å². The van der Waals surface area contributed by atoms with Crippen molar-refractivity contribution in [3.05, 3.63) is 68.6 Å². The Labute approximate surface area is 259 Å². The van der Waals surface area contributed by atoms with Gasteiger partial charge in [0.2, 0.25) is 7.28 Å². The second-order valence-corrected chi connectivity index (χ2v) is 6.32. The predicted molar refractivity (Wildman–Crippen MR) is 154 cm³/mol. The Kier molecular flexibility index (Phi) is 49.9. The summed E-state index contributed by atoms with van der Waals surface area (Å²) in [6.07, 6.45) is 6.16. The Morgan fingerprint density at radius 1 is 0.737 bits per heavy atom. The van der Waals surface area contributed by atoms with Crippen molar-refractivity contribution in [3.63, 3.8) is 0 Å². The number of aliphatic hydroxyl groups is 1. The molecule has 0 aliphatic rings. The standard InChI is InChI=1S/C7H16BO3.C7H14BO3.2C5H5N.C2H6.CH3.Y/c2*1-4-10-7(11-5-2)8-6(3)9;2*1-2-4-6-5-3-1;1-2;;/h6-7,9H,4-5H2,1-3H3;7H,4-5H2,1-3H3;2*1-5H;1-2H3;1H3;/q;;;;;-1;. The molecule has 1 unspecified atom stereocenters. The van der Waals surface area contributed by atoms with Crippen molar-refractivity contribution < 1.29 is 61.6 Å². The van der Waals surface area contributed by atoms with Gasteiger partial charge in [-0.15, -0.1) is 0 Å². The van der Waals surface area contributed by atoms with Gasteiger partial charge in [-0.1, -0.05) is 26.0 Å². The Morgan fingerprint density at radius 2 is 1.05 bits per heavy atom. The Balaban J connectivity index is -0.000000126. The van der Waals surface area contributed by atoms with E-state index in [1.54, 1.807) is 39.0 Å². The summed E-state index contributed by atoms with van der Waals surface area (Å²) < 4.78 is 20.5. The fourth-order valence-electron chi connectivity index (χ4n) is 2.00. The van der Waals surface area contributed by atoms with E-state index >= 15 is 0 Å². The molecule has 3 radical (unpaired) electrons. The van der Waals surface area contributed by atoms with Crippen LogP contribution in [-0.4, -0.2) is 80.1 Å². The average Bonchev–Trinajstić information content (AvgIpc) is 2.88. The number of carbonyl (C=O) groups excluding carboxylic acids is 1. The van der Waals surface area contributed by atoms with Crippen molar-refractivity contribution in [3.8, 4) is 0 Å². The average molecular weight is 608 g/mol. The molecule has 0 aliphatic carbocycles. The summed E-state index contributed by atoms with van der Waals surface area (Å²) in [7, 11) is 3.04. The van der Waals surface area contributed by atoms with Gasteiger partial charge >= 0.3 is 0 Å². The number of ether oxygens (including phenoxy) is 4. The minimum Gasteiger partial charge on any atom is -0.402 e. The van der Waals surface area contributed by atoms with E-state index in [1.807, 2.05) is 77.9 Å². The molecule has 1 N–H and O–H groups in total. The first-order valence-corrected chi connectivity index (χ1v) is 12.5. The molecule has 2 rings (SSSR count). The maximum Gasteiger partial charge on any atom is 0.275 e. The van der Waals surface area contributed by atoms with Gasteiger partial charge in [-0.2, -0.15) is 0 Å². The Hall–Kier alpha value is -0.996. The second kappa shape index (κ2) is 40.5. The molecule has 0 saturated heterocycles. The second-order valence-electron chi connectivity index (χ2n) is 6.32. The quantitative estimate of drug-likeness (QED) is 0.212. The normalized spacial score (nSPS) is 9.55. The van der Waals surface area contributed by atoms with Crippen LogP contribution in [-0.2, 0) is 56.5 Å². The van der Waals surface area contributed by atoms with Crippen LogP contribution < -0.4 is 0 Å². The van der Waals surface area contributed by atoms with E-state index < -0.39 is 12.2 Å². The largest absolute Gasteiger partial charge is 0.402 e. The number of hydrogen-bond donors (Lipinski definition) is 1. The van der Waals surface area contributed by atoms with Gasteiger partial charge in [0, 0.05) is 89.9 Å². The van der Waals surface area contributed by atoms with Crippen molar-refractivity contribution in [2.45, 2.75) is 73.8 Å². The number of pyridine rings is 2. The van der Waals surface area contributed by atoms with Crippen LogP contribution in [0.5, 0.6) is 0 Å². The maximum absolute atomic E-state index is 10.6. The predicted octanol–water partition coefficient (Wildman–Crippen LogP) is 4.62. The molecule has 2 aromatic heterocycles. The van der Waals surface area contributed by atoms with Gasteiger partial charge in [0.05, 0.1) is 5.68 Å². The van der Waals surface area contributed by atoms with E-state index in [0.717, 1.165) is 0 Å². The van der Waals surface area contributed by atoms with Crippen LogP contribution >= 0.6 is 0 Å². The third-order valence-corrected chi connectivity index (χ3v) is 3.26. The molecular weight excluding hydrogens is 559 g/mol. The van der Waals surface area contributed by atoms with Crippen LogP contribution in [0.4, 0.5) is 0 Å². The molecular formula is C27H49B2N2O6Y-. The van der Waals surface area contributed by atoms with Crippen molar-refractivity contribution in [2.75, 3.05) is 26.4 Å². The first-order valence-electron chi connectivity index (χ1n) is 12.5. The van der Waals surface area contributed by atoms with Crippen LogP contribution in [0, 0.1) is 7.43 Å². The van der Waals surface area contributed by atoms with Gasteiger partial charge in [0.15, 0.2) is 0 Å². The molecule has 0 spiro atoms. The summed E-state index contributed by atoms with van der Waals surface area (Å²) in [5.74, 6) is 0. The molecule has 213 valence electrons. The monoisotopic (exact) mass is 608 g/mol. The van der Waals surface area contributed by atoms with Crippen LogP contribution in [0.2, 0.25) is 0 Å². The summed E-state index contributed by atoms with van der Waals surface area (Å²) in [6.45, 7) is 16.9. The van der Waals surface area contributed by atoms with Crippen LogP contribution in [0.1, 0.15) is 55.4 Å². The smallest absolute Gasteiger partial charge is 0.275 e. The topological polar surface area (TPSA) is 100 Å². The van der Waals surface area contributed by atoms with Crippen LogP contribution in [0.3, 0.4) is 0 Å². The number of hydrogen-bond acceptors (Lipinski definition) is 8. The summed E-state index contributed by atoms with van der Waals surface area (Å²) in [5, 5.41) is 8.96. The first kappa shape index (κ1) is 46.8. The Morgan fingerprint density at radius 3 is 1.24 bits per heavy atom. The molecule has 2 heterocycles. The van der Waals surface area contributed by atoms with Gasteiger partial charge in [-0.05, 0) is 65.8 Å². The van der Waals surface area contributed by atoms with Gasteiger partial charge in [-0.25, -0.2) is 0 Å². The van der Waals surface area contributed by atoms with Crippen LogP contribution in [0.15, 0.2) is 61.2 Å². The van der Waals surface area contributed by atoms with Gasteiger partial charge < -0.3 is 36.3 Å². The summed E-state index contributed by atoms with van der Waals surface area (Å²) in [6, 6.07) is 10.9. The number of nitrogens with zero attached hydrogens (tertiary/aromatic N) is 2. The molecule has 8 nitrogen and oxygen atoms in total. The van der Waals surface area contributed by atoms with E-state index in [1.165, 1.54) is 14.2 Å². The number of aromatic nitrogens is 2. The summed E-state index contributed by atoms with van der Waals surface area (Å²) in [5.41, 5.74) is -0.0306. The maximum atomic E-state index is 10.6. The molecule has 1 atom stereocenters. The fourth-order valence-corrected chi connectivity index (χ4v) is 2.00. The molecule has 0 fully saturated rings. The van der Waals surface area contributed by atoms with Gasteiger partial charge in [0.1, 0.15) is 12.4 Å². The van der Waals surface area contributed by atoms with E-state index in [4.69, 9.17) is 24.1 Å². The zero-order chi connectivity index (χ0) is 27.9. The molecule has 11 heteroatoms. The third-order valence-electron chi connectivity index (χ3n) is 3.26. The summed E-state index contributed by atoms with van der Waals surface area (Å²) >= 11 is 0. The minimum atomic E-state index is -0.488. The van der Waals surface area contributed by atoms with E-state index in [2.05, 4.69) is 9.97 Å². The number of rotatable bonds is 12. The zero-order valence-corrected chi connectivity index (χ0v) is 27.8. The van der Waals surface area contributed by atoms with Crippen molar-refractivity contribution in [1.82, 2.24) is 9.97 Å². The molecule has 0 amide bonds. The van der Waals surface area contributed by atoms with E-state index in [-0.39, 0.29) is 52.0 Å². The molecule has 2 aromatic rings. The van der Waals surface area contributed by atoms with Gasteiger partial charge in [0.25, 0.3) is 7.28 Å². The molecule has 0 aromatic carbocycles. The molecule has 0 aliphatic heterocycles. The summed E-state index contributed by atoms with van der Waals surface area (Å²) in [4.78, 5) is 18.2. The molecule has 0 saturated carbocycles. The SMILES string of the molecule is CC.CCOC([B]C(C)=O)OCC.CCOC([B]C(C)O)OCC.[CH3-].[Y].c1ccncc1.c1ccncc1. The fraction of sp³-hybridized carbons (Fsp3) is 0.556. The number of carbonyl (C=O) groups is 1. The Bertz CT molecular complexity index is 553. The molecule has 38 heavy (non-hydrogen) atoms. The minimum absolute atomic E-state index is 0. The van der Waals surface area contributed by atoms with Crippen LogP contribution in [0.25, 0.3) is 0 Å². The van der Waals surface area contributed by atoms with Crippen molar-refractivity contribution in [2.24, 2.45) is 0 Å². The molecule has 0 bridgehead atoms.